The van der Waals surface area contributed by atoms with Crippen LogP contribution in [-0.2, 0) is 17.3 Å². The Morgan fingerprint density at radius 3 is 2.63 bits per heavy atom. The number of nitrogens with one attached hydrogen (secondary N) is 1. The predicted octanol–water partition coefficient (Wildman–Crippen LogP) is 1.08. The van der Waals surface area contributed by atoms with Gasteiger partial charge in [0.05, 0.1) is 19.5 Å². The van der Waals surface area contributed by atoms with Crippen molar-refractivity contribution in [2.75, 3.05) is 13.2 Å². The quantitative estimate of drug-likeness (QED) is 0.895. The first-order chi connectivity index (χ1) is 9.20. The Hall–Kier alpha value is -2.14. The van der Waals surface area contributed by atoms with Crippen molar-refractivity contribution in [1.29, 1.82) is 0 Å². The second kappa shape index (κ2) is 4.51. The number of aromatic nitrogens is 2. The zero-order chi connectivity index (χ0) is 13.3. The molecule has 5 heteroatoms. The van der Waals surface area contributed by atoms with E-state index in [0.717, 1.165) is 5.56 Å². The molecule has 0 saturated carbocycles. The van der Waals surface area contributed by atoms with Gasteiger partial charge in [-0.15, -0.1) is 0 Å². The number of hydrogen-bond donors (Lipinski definition) is 1. The zero-order valence-corrected chi connectivity index (χ0v) is 10.7. The molecule has 98 valence electrons. The van der Waals surface area contributed by atoms with Gasteiger partial charge in [-0.05, 0) is 5.56 Å². The number of hydrogen-bond acceptors (Lipinski definition) is 3. The van der Waals surface area contributed by atoms with E-state index in [1.54, 1.807) is 17.1 Å². The lowest BCUT2D eigenvalue weighted by atomic mass is 9.88. The Bertz CT molecular complexity index is 588. The highest BCUT2D eigenvalue weighted by atomic mass is 16.5. The summed E-state index contributed by atoms with van der Waals surface area (Å²) in [4.78, 5) is 16.3. The minimum atomic E-state index is -0.421. The highest BCUT2D eigenvalue weighted by molar-refractivity contribution is 5.92. The fraction of sp³-hybridized carbons (Fsp3) is 0.286. The molecule has 19 heavy (non-hydrogen) atoms. The van der Waals surface area contributed by atoms with Crippen molar-refractivity contribution in [2.45, 2.75) is 5.54 Å². The normalized spacial score (nSPS) is 16.7. The molecular formula is C14H15N3O2. The monoisotopic (exact) mass is 257 g/mol. The summed E-state index contributed by atoms with van der Waals surface area (Å²) in [7, 11) is 1.84. The molecule has 0 bridgehead atoms. The van der Waals surface area contributed by atoms with Gasteiger partial charge < -0.3 is 14.6 Å². The number of benzene rings is 1. The minimum Gasteiger partial charge on any atom is -0.376 e. The average Bonchev–Trinajstić information content (AvgIpc) is 2.81. The van der Waals surface area contributed by atoms with Crippen LogP contribution in [0.4, 0.5) is 0 Å². The van der Waals surface area contributed by atoms with Gasteiger partial charge in [-0.3, -0.25) is 4.79 Å². The van der Waals surface area contributed by atoms with Crippen LogP contribution in [0, 0.1) is 0 Å². The first-order valence-electron chi connectivity index (χ1n) is 6.13. The summed E-state index contributed by atoms with van der Waals surface area (Å²) >= 11 is 0. The molecule has 1 aromatic heterocycles. The topological polar surface area (TPSA) is 56.2 Å². The summed E-state index contributed by atoms with van der Waals surface area (Å²) < 4.78 is 7.05. The highest BCUT2D eigenvalue weighted by Crippen LogP contribution is 2.29. The first-order valence-corrected chi connectivity index (χ1v) is 6.13. The number of nitrogens with zero attached hydrogens (tertiary/aromatic N) is 2. The van der Waals surface area contributed by atoms with E-state index in [1.807, 2.05) is 37.4 Å². The van der Waals surface area contributed by atoms with E-state index in [4.69, 9.17) is 4.74 Å². The van der Waals surface area contributed by atoms with Crippen molar-refractivity contribution in [2.24, 2.45) is 7.05 Å². The Morgan fingerprint density at radius 2 is 2.11 bits per heavy atom. The highest BCUT2D eigenvalue weighted by Gasteiger charge is 2.42. The molecule has 0 radical (unpaired) electrons. The maximum atomic E-state index is 12.2. The predicted molar refractivity (Wildman–Crippen MR) is 69.6 cm³/mol. The molecule has 0 unspecified atom stereocenters. The number of ether oxygens (including phenoxy) is 1. The summed E-state index contributed by atoms with van der Waals surface area (Å²) in [5, 5.41) is 3.04. The molecular weight excluding hydrogens is 242 g/mol. The molecule has 0 atom stereocenters. The number of imidazole rings is 1. The third-order valence-corrected chi connectivity index (χ3v) is 3.31. The third-order valence-electron chi connectivity index (χ3n) is 3.31. The maximum Gasteiger partial charge on any atom is 0.272 e. The van der Waals surface area contributed by atoms with Gasteiger partial charge in [-0.25, -0.2) is 4.98 Å². The van der Waals surface area contributed by atoms with E-state index < -0.39 is 5.54 Å². The summed E-state index contributed by atoms with van der Waals surface area (Å²) in [6.07, 6.45) is 3.31. The lowest BCUT2D eigenvalue weighted by molar-refractivity contribution is -0.0734. The summed E-state index contributed by atoms with van der Waals surface area (Å²) in [6, 6.07) is 9.88. The van der Waals surface area contributed by atoms with Crippen LogP contribution in [0.2, 0.25) is 0 Å². The Balaban J connectivity index is 1.82. The molecule has 1 aliphatic rings. The first kappa shape index (κ1) is 11.9. The number of carbonyl (C=O) groups excluding carboxylic acids is 1. The van der Waals surface area contributed by atoms with Gasteiger partial charge in [0, 0.05) is 13.2 Å². The SMILES string of the molecule is Cn1cnc(C(=O)NC2(c3ccccc3)COC2)c1. The van der Waals surface area contributed by atoms with Crippen molar-refractivity contribution in [3.05, 3.63) is 54.1 Å². The lowest BCUT2D eigenvalue weighted by Gasteiger charge is -2.42. The van der Waals surface area contributed by atoms with E-state index in [0.29, 0.717) is 18.9 Å². The van der Waals surface area contributed by atoms with Gasteiger partial charge in [0.1, 0.15) is 11.2 Å². The van der Waals surface area contributed by atoms with Crippen LogP contribution < -0.4 is 5.32 Å². The molecule has 1 N–H and O–H groups in total. The van der Waals surface area contributed by atoms with Gasteiger partial charge >= 0.3 is 0 Å². The molecule has 1 amide bonds. The van der Waals surface area contributed by atoms with Crippen molar-refractivity contribution in [3.63, 3.8) is 0 Å². The van der Waals surface area contributed by atoms with E-state index in [9.17, 15) is 4.79 Å². The Morgan fingerprint density at radius 1 is 1.37 bits per heavy atom. The Kier molecular flexibility index (Phi) is 2.83. The van der Waals surface area contributed by atoms with Gasteiger partial charge in [0.25, 0.3) is 5.91 Å². The van der Waals surface area contributed by atoms with Gasteiger partial charge in [-0.2, -0.15) is 0 Å². The van der Waals surface area contributed by atoms with E-state index >= 15 is 0 Å². The third kappa shape index (κ3) is 2.13. The van der Waals surface area contributed by atoms with E-state index in [1.165, 1.54) is 0 Å². The molecule has 2 aromatic rings. The van der Waals surface area contributed by atoms with Crippen LogP contribution in [-0.4, -0.2) is 28.7 Å². The fourth-order valence-electron chi connectivity index (χ4n) is 2.19. The molecule has 2 heterocycles. The minimum absolute atomic E-state index is 0.173. The van der Waals surface area contributed by atoms with Gasteiger partial charge in [0.2, 0.25) is 0 Å². The fourth-order valence-corrected chi connectivity index (χ4v) is 2.19. The number of rotatable bonds is 3. The molecule has 1 aromatic carbocycles. The number of carbonyl (C=O) groups is 1. The molecule has 5 nitrogen and oxygen atoms in total. The van der Waals surface area contributed by atoms with Crippen molar-refractivity contribution < 1.29 is 9.53 Å². The van der Waals surface area contributed by atoms with Crippen molar-refractivity contribution >= 4 is 5.91 Å². The van der Waals surface area contributed by atoms with Crippen LogP contribution in [0.15, 0.2) is 42.9 Å². The second-order valence-electron chi connectivity index (χ2n) is 4.82. The maximum absolute atomic E-state index is 12.2. The van der Waals surface area contributed by atoms with Crippen molar-refractivity contribution in [1.82, 2.24) is 14.9 Å². The number of amides is 1. The number of aryl methyl sites for hydroxylation is 1. The summed E-state index contributed by atoms with van der Waals surface area (Å²) in [5.74, 6) is -0.173. The van der Waals surface area contributed by atoms with Crippen LogP contribution in [0.3, 0.4) is 0 Å². The lowest BCUT2D eigenvalue weighted by Crippen LogP contribution is -2.59. The van der Waals surface area contributed by atoms with Gasteiger partial charge in [0.15, 0.2) is 0 Å². The largest absolute Gasteiger partial charge is 0.376 e. The Labute approximate surface area is 111 Å². The second-order valence-corrected chi connectivity index (χ2v) is 4.82. The smallest absolute Gasteiger partial charge is 0.272 e. The molecule has 1 saturated heterocycles. The summed E-state index contributed by atoms with van der Waals surface area (Å²) in [6.45, 7) is 0.991. The van der Waals surface area contributed by atoms with Crippen LogP contribution >= 0.6 is 0 Å². The molecule has 0 spiro atoms. The van der Waals surface area contributed by atoms with Gasteiger partial charge in [-0.1, -0.05) is 30.3 Å². The molecule has 3 rings (SSSR count). The van der Waals surface area contributed by atoms with E-state index in [2.05, 4.69) is 10.3 Å². The molecule has 1 aliphatic heterocycles. The van der Waals surface area contributed by atoms with Crippen LogP contribution in [0.1, 0.15) is 16.1 Å². The van der Waals surface area contributed by atoms with Crippen molar-refractivity contribution in [3.8, 4) is 0 Å². The van der Waals surface area contributed by atoms with E-state index in [-0.39, 0.29) is 5.91 Å². The standard InChI is InChI=1S/C14H15N3O2/c1-17-7-12(15-10-17)13(18)16-14(8-19-9-14)11-5-3-2-4-6-11/h2-7,10H,8-9H2,1H3,(H,16,18). The zero-order valence-electron chi connectivity index (χ0n) is 10.7. The summed E-state index contributed by atoms with van der Waals surface area (Å²) in [5.41, 5.74) is 1.06. The van der Waals surface area contributed by atoms with Crippen LogP contribution in [0.25, 0.3) is 0 Å². The molecule has 1 fully saturated rings. The average molecular weight is 257 g/mol. The molecule has 0 aliphatic carbocycles. The van der Waals surface area contributed by atoms with Crippen LogP contribution in [0.5, 0.6) is 0 Å².